The molecule has 10 heteroatoms. The summed E-state index contributed by atoms with van der Waals surface area (Å²) in [5.41, 5.74) is 2.42. The summed E-state index contributed by atoms with van der Waals surface area (Å²) in [4.78, 5) is 28.3. The van der Waals surface area contributed by atoms with E-state index in [-0.39, 0.29) is 16.4 Å². The van der Waals surface area contributed by atoms with Gasteiger partial charge in [-0.1, -0.05) is 28.4 Å². The van der Waals surface area contributed by atoms with E-state index < -0.39 is 18.5 Å². The number of pyridine rings is 1. The lowest BCUT2D eigenvalue weighted by Gasteiger charge is -2.09. The quantitative estimate of drug-likeness (QED) is 0.507. The van der Waals surface area contributed by atoms with Crippen molar-refractivity contribution in [3.8, 4) is 5.75 Å². The summed E-state index contributed by atoms with van der Waals surface area (Å²) in [6, 6.07) is 7.83. The number of hydrogen-bond acceptors (Lipinski definition) is 7. The van der Waals surface area contributed by atoms with Crippen molar-refractivity contribution in [2.24, 2.45) is 0 Å². The van der Waals surface area contributed by atoms with Gasteiger partial charge in [-0.2, -0.15) is 0 Å². The normalized spacial score (nSPS) is 10.6. The molecule has 0 saturated carbocycles. The summed E-state index contributed by atoms with van der Waals surface area (Å²) in [6.07, 6.45) is 0. The Morgan fingerprint density at radius 2 is 1.77 bits per heavy atom. The van der Waals surface area contributed by atoms with Crippen LogP contribution < -0.4 is 10.1 Å². The van der Waals surface area contributed by atoms with E-state index in [1.807, 2.05) is 13.8 Å². The van der Waals surface area contributed by atoms with E-state index in [0.29, 0.717) is 28.8 Å². The van der Waals surface area contributed by atoms with Crippen LogP contribution in [0.5, 0.6) is 5.75 Å². The van der Waals surface area contributed by atoms with Crippen molar-refractivity contribution >= 4 is 40.9 Å². The highest BCUT2D eigenvalue weighted by atomic mass is 35.5. The van der Waals surface area contributed by atoms with Gasteiger partial charge < -0.3 is 19.3 Å². The average Bonchev–Trinajstić information content (AvgIpc) is 3.06. The Morgan fingerprint density at radius 3 is 2.42 bits per heavy atom. The summed E-state index contributed by atoms with van der Waals surface area (Å²) in [7, 11) is 0. The number of benzene rings is 1. The minimum atomic E-state index is -0.654. The van der Waals surface area contributed by atoms with Gasteiger partial charge in [0.2, 0.25) is 0 Å². The van der Waals surface area contributed by atoms with Crippen LogP contribution in [0.25, 0.3) is 0 Å². The number of nitrogens with zero attached hydrogens (tertiary/aromatic N) is 2. The first-order chi connectivity index (χ1) is 14.7. The van der Waals surface area contributed by atoms with Crippen molar-refractivity contribution in [1.82, 2.24) is 10.1 Å². The smallest absolute Gasteiger partial charge is 0.338 e. The van der Waals surface area contributed by atoms with Gasteiger partial charge in [-0.15, -0.1) is 0 Å². The number of rotatable bonds is 7. The highest BCUT2D eigenvalue weighted by Crippen LogP contribution is 2.25. The molecule has 0 unspecified atom stereocenters. The fraction of sp³-hybridized carbons (Fsp3) is 0.238. The number of halogens is 2. The molecule has 0 bridgehead atoms. The summed E-state index contributed by atoms with van der Waals surface area (Å²) in [6.45, 7) is 5.12. The predicted octanol–water partition coefficient (Wildman–Crippen LogP) is 4.68. The second-order valence-corrected chi connectivity index (χ2v) is 7.44. The molecule has 1 amide bonds. The van der Waals surface area contributed by atoms with Gasteiger partial charge in [-0.25, -0.2) is 9.78 Å². The summed E-state index contributed by atoms with van der Waals surface area (Å²) in [5.74, 6) is 0.168. The Balaban J connectivity index is 1.51. The monoisotopic (exact) mass is 463 g/mol. The van der Waals surface area contributed by atoms with E-state index in [0.717, 1.165) is 11.3 Å². The molecule has 31 heavy (non-hydrogen) atoms. The second-order valence-electron chi connectivity index (χ2n) is 6.63. The van der Waals surface area contributed by atoms with Gasteiger partial charge in [0.15, 0.2) is 12.4 Å². The van der Waals surface area contributed by atoms with Crippen LogP contribution in [0.3, 0.4) is 0 Å². The maximum absolute atomic E-state index is 12.2. The molecule has 0 aliphatic heterocycles. The van der Waals surface area contributed by atoms with Crippen LogP contribution >= 0.6 is 23.2 Å². The number of aryl methyl sites for hydroxylation is 3. The van der Waals surface area contributed by atoms with Crippen molar-refractivity contribution in [3.05, 3.63) is 68.7 Å². The SMILES string of the molecule is Cc1nc(NC(=O)COC(=O)c2ccc(OCc3c(C)noc3C)cc2)c(Cl)cc1Cl. The molecule has 0 aliphatic rings. The van der Waals surface area contributed by atoms with Crippen molar-refractivity contribution in [1.29, 1.82) is 0 Å². The maximum Gasteiger partial charge on any atom is 0.338 e. The second kappa shape index (κ2) is 9.80. The first-order valence-corrected chi connectivity index (χ1v) is 9.94. The van der Waals surface area contributed by atoms with Crippen LogP contribution in [-0.2, 0) is 16.1 Å². The fourth-order valence-corrected chi connectivity index (χ4v) is 2.99. The van der Waals surface area contributed by atoms with Crippen molar-refractivity contribution < 1.29 is 23.6 Å². The van der Waals surface area contributed by atoms with Crippen molar-refractivity contribution in [2.75, 3.05) is 11.9 Å². The van der Waals surface area contributed by atoms with Gasteiger partial charge in [-0.3, -0.25) is 4.79 Å². The fourth-order valence-electron chi connectivity index (χ4n) is 2.58. The highest BCUT2D eigenvalue weighted by molar-refractivity contribution is 6.36. The van der Waals surface area contributed by atoms with Crippen LogP contribution in [0, 0.1) is 20.8 Å². The van der Waals surface area contributed by atoms with Gasteiger partial charge in [-0.05, 0) is 51.1 Å². The molecule has 162 valence electrons. The maximum atomic E-state index is 12.2. The number of amides is 1. The van der Waals surface area contributed by atoms with E-state index in [4.69, 9.17) is 37.2 Å². The Labute approximate surface area is 188 Å². The largest absolute Gasteiger partial charge is 0.489 e. The molecule has 0 atom stereocenters. The molecule has 1 aromatic carbocycles. The Morgan fingerprint density at radius 1 is 1.06 bits per heavy atom. The van der Waals surface area contributed by atoms with Crippen molar-refractivity contribution in [2.45, 2.75) is 27.4 Å². The van der Waals surface area contributed by atoms with Gasteiger partial charge in [0.05, 0.1) is 32.6 Å². The number of anilines is 1. The molecule has 0 fully saturated rings. The van der Waals surface area contributed by atoms with Gasteiger partial charge in [0, 0.05) is 0 Å². The van der Waals surface area contributed by atoms with Gasteiger partial charge >= 0.3 is 5.97 Å². The molecule has 8 nitrogen and oxygen atoms in total. The van der Waals surface area contributed by atoms with Crippen LogP contribution in [-0.4, -0.2) is 28.6 Å². The van der Waals surface area contributed by atoms with Crippen LogP contribution in [0.1, 0.15) is 33.1 Å². The summed E-state index contributed by atoms with van der Waals surface area (Å²) < 4.78 is 15.8. The highest BCUT2D eigenvalue weighted by Gasteiger charge is 2.14. The van der Waals surface area contributed by atoms with Crippen molar-refractivity contribution in [3.63, 3.8) is 0 Å². The first kappa shape index (κ1) is 22.6. The molecule has 3 aromatic rings. The van der Waals surface area contributed by atoms with Gasteiger partial charge in [0.1, 0.15) is 18.1 Å². The van der Waals surface area contributed by atoms with Crippen LogP contribution in [0.4, 0.5) is 5.82 Å². The molecule has 0 spiro atoms. The number of esters is 1. The number of aromatic nitrogens is 2. The number of carbonyl (C=O) groups excluding carboxylic acids is 2. The molecule has 0 aliphatic carbocycles. The van der Waals surface area contributed by atoms with Crippen LogP contribution in [0.2, 0.25) is 10.0 Å². The minimum Gasteiger partial charge on any atom is -0.489 e. The molecule has 3 rings (SSSR count). The third kappa shape index (κ3) is 5.74. The molecule has 2 heterocycles. The standard InChI is InChI=1S/C21H19Cl2N3O5/c1-11-16(13(3)31-26-11)9-29-15-6-4-14(5-7-15)21(28)30-10-19(27)25-20-18(23)8-17(22)12(2)24-20/h4-8H,9-10H2,1-3H3,(H,24,25,27). The lowest BCUT2D eigenvalue weighted by atomic mass is 10.2. The Kier molecular flexibility index (Phi) is 7.14. The zero-order chi connectivity index (χ0) is 22.5. The third-order valence-electron chi connectivity index (χ3n) is 4.35. The molecule has 1 N–H and O–H groups in total. The lowest BCUT2D eigenvalue weighted by Crippen LogP contribution is -2.21. The van der Waals surface area contributed by atoms with Gasteiger partial charge in [0.25, 0.3) is 5.91 Å². The average molecular weight is 464 g/mol. The van der Waals surface area contributed by atoms with E-state index in [1.165, 1.54) is 6.07 Å². The number of carbonyl (C=O) groups is 2. The molecular weight excluding hydrogens is 445 g/mol. The summed E-state index contributed by atoms with van der Waals surface area (Å²) in [5, 5.41) is 6.92. The molecule has 2 aromatic heterocycles. The first-order valence-electron chi connectivity index (χ1n) is 9.19. The topological polar surface area (TPSA) is 104 Å². The molecular formula is C21H19Cl2N3O5. The lowest BCUT2D eigenvalue weighted by molar-refractivity contribution is -0.119. The Hall–Kier alpha value is -3.10. The van der Waals surface area contributed by atoms with E-state index in [9.17, 15) is 9.59 Å². The van der Waals surface area contributed by atoms with E-state index in [1.54, 1.807) is 31.2 Å². The number of ether oxygens (including phenoxy) is 2. The molecule has 0 saturated heterocycles. The zero-order valence-electron chi connectivity index (χ0n) is 17.0. The van der Waals surface area contributed by atoms with E-state index >= 15 is 0 Å². The zero-order valence-corrected chi connectivity index (χ0v) is 18.5. The van der Waals surface area contributed by atoms with E-state index in [2.05, 4.69) is 15.5 Å². The van der Waals surface area contributed by atoms with Crippen LogP contribution in [0.15, 0.2) is 34.9 Å². The minimum absolute atomic E-state index is 0.143. The third-order valence-corrected chi connectivity index (χ3v) is 5.02. The molecule has 0 radical (unpaired) electrons. The predicted molar refractivity (Wildman–Crippen MR) is 115 cm³/mol. The number of hydrogen-bond donors (Lipinski definition) is 1. The summed E-state index contributed by atoms with van der Waals surface area (Å²) >= 11 is 11.9. The Bertz CT molecular complexity index is 1090. The number of nitrogens with one attached hydrogen (secondary N) is 1.